The predicted molar refractivity (Wildman–Crippen MR) is 102 cm³/mol. The Hall–Kier alpha value is -2.56. The Morgan fingerprint density at radius 3 is 2.41 bits per heavy atom. The molecule has 0 aliphatic heterocycles. The predicted octanol–water partition coefficient (Wildman–Crippen LogP) is 5.19. The molecule has 0 spiro atoms. The molecule has 3 rings (SSSR count). The molecule has 1 N–H and O–H groups in total. The van der Waals surface area contributed by atoms with Crippen molar-refractivity contribution in [3.05, 3.63) is 66.0 Å². The summed E-state index contributed by atoms with van der Waals surface area (Å²) in [5, 5.41) is 9.53. The summed E-state index contributed by atoms with van der Waals surface area (Å²) in [7, 11) is 0. The molecule has 27 heavy (non-hydrogen) atoms. The van der Waals surface area contributed by atoms with Crippen LogP contribution in [-0.4, -0.2) is 29.3 Å². The van der Waals surface area contributed by atoms with Gasteiger partial charge in [-0.05, 0) is 55.2 Å². The van der Waals surface area contributed by atoms with E-state index in [1.165, 1.54) is 17.0 Å². The van der Waals surface area contributed by atoms with E-state index in [1.807, 2.05) is 30.3 Å². The number of ether oxygens (including phenoxy) is 1. The van der Waals surface area contributed by atoms with Gasteiger partial charge >= 0.3 is 6.09 Å². The number of rotatable bonds is 7. The zero-order valence-electron chi connectivity index (χ0n) is 15.4. The largest absolute Gasteiger partial charge is 0.493 e. The molecule has 0 unspecified atom stereocenters. The first-order chi connectivity index (χ1) is 13.1. The standard InChI is InChI=1S/C22H26FNO3/c23-20-7-4-8-21(13-20)27-16-19-11-9-18(10-12-19)15-24(22(25)26)14-17-5-2-1-3-6-17/h1-8,13,18-19H,9-12,14-16H2,(H,25,26). The molecule has 1 saturated carbocycles. The first-order valence-electron chi connectivity index (χ1n) is 9.50. The molecule has 0 atom stereocenters. The Labute approximate surface area is 159 Å². The summed E-state index contributed by atoms with van der Waals surface area (Å²) in [5.74, 6) is 1.10. The number of carboxylic acid groups (broad SMARTS) is 1. The number of benzene rings is 2. The number of carbonyl (C=O) groups is 1. The Bertz CT molecular complexity index is 729. The lowest BCUT2D eigenvalue weighted by atomic mass is 9.82. The van der Waals surface area contributed by atoms with E-state index in [0.717, 1.165) is 31.2 Å². The molecule has 0 aromatic heterocycles. The van der Waals surface area contributed by atoms with Crippen LogP contribution in [0.3, 0.4) is 0 Å². The van der Waals surface area contributed by atoms with E-state index < -0.39 is 6.09 Å². The van der Waals surface area contributed by atoms with Gasteiger partial charge in [-0.25, -0.2) is 9.18 Å². The molecule has 0 heterocycles. The highest BCUT2D eigenvalue weighted by molar-refractivity contribution is 5.65. The lowest BCUT2D eigenvalue weighted by Crippen LogP contribution is -2.35. The molecule has 1 amide bonds. The van der Waals surface area contributed by atoms with Crippen molar-refractivity contribution in [2.24, 2.45) is 11.8 Å². The fourth-order valence-corrected chi connectivity index (χ4v) is 3.68. The van der Waals surface area contributed by atoms with Crippen LogP contribution >= 0.6 is 0 Å². The summed E-state index contributed by atoms with van der Waals surface area (Å²) >= 11 is 0. The number of hydrogen-bond donors (Lipinski definition) is 1. The topological polar surface area (TPSA) is 49.8 Å². The Morgan fingerprint density at radius 1 is 1.04 bits per heavy atom. The molecule has 5 heteroatoms. The molecule has 1 aliphatic carbocycles. The first kappa shape index (κ1) is 19.2. The normalized spacial score (nSPS) is 19.4. The van der Waals surface area contributed by atoms with Crippen molar-refractivity contribution in [3.8, 4) is 5.75 Å². The van der Waals surface area contributed by atoms with Crippen molar-refractivity contribution >= 4 is 6.09 Å². The second-order valence-corrected chi connectivity index (χ2v) is 7.30. The van der Waals surface area contributed by atoms with Crippen LogP contribution in [0, 0.1) is 17.7 Å². The smallest absolute Gasteiger partial charge is 0.407 e. The summed E-state index contributed by atoms with van der Waals surface area (Å²) in [5.41, 5.74) is 1.01. The van der Waals surface area contributed by atoms with E-state index in [1.54, 1.807) is 12.1 Å². The van der Waals surface area contributed by atoms with Crippen LogP contribution in [0.4, 0.5) is 9.18 Å². The minimum Gasteiger partial charge on any atom is -0.493 e. The highest BCUT2D eigenvalue weighted by Gasteiger charge is 2.25. The van der Waals surface area contributed by atoms with Crippen molar-refractivity contribution in [1.29, 1.82) is 0 Å². The molecule has 4 nitrogen and oxygen atoms in total. The van der Waals surface area contributed by atoms with Crippen molar-refractivity contribution in [3.63, 3.8) is 0 Å². The average Bonchev–Trinajstić information content (AvgIpc) is 2.68. The molecule has 0 saturated heterocycles. The van der Waals surface area contributed by atoms with Gasteiger partial charge in [-0.15, -0.1) is 0 Å². The summed E-state index contributed by atoms with van der Waals surface area (Å²) in [4.78, 5) is 13.1. The van der Waals surface area contributed by atoms with Gasteiger partial charge in [0, 0.05) is 19.2 Å². The number of halogens is 1. The maximum absolute atomic E-state index is 13.2. The van der Waals surface area contributed by atoms with E-state index in [-0.39, 0.29) is 5.82 Å². The molecule has 2 aromatic rings. The van der Waals surface area contributed by atoms with Gasteiger partial charge in [0.05, 0.1) is 6.61 Å². The van der Waals surface area contributed by atoms with Crippen LogP contribution in [0.1, 0.15) is 31.2 Å². The van der Waals surface area contributed by atoms with Crippen LogP contribution in [0.2, 0.25) is 0 Å². The van der Waals surface area contributed by atoms with Gasteiger partial charge in [-0.2, -0.15) is 0 Å². The molecule has 0 bridgehead atoms. The molecular weight excluding hydrogens is 345 g/mol. The zero-order chi connectivity index (χ0) is 19.1. The first-order valence-corrected chi connectivity index (χ1v) is 9.50. The highest BCUT2D eigenvalue weighted by Crippen LogP contribution is 2.30. The van der Waals surface area contributed by atoms with E-state index >= 15 is 0 Å². The third-order valence-electron chi connectivity index (χ3n) is 5.21. The summed E-state index contributed by atoms with van der Waals surface area (Å²) in [6.45, 7) is 1.59. The van der Waals surface area contributed by atoms with Crippen molar-refractivity contribution in [2.45, 2.75) is 32.2 Å². The lowest BCUT2D eigenvalue weighted by Gasteiger charge is -2.31. The van der Waals surface area contributed by atoms with E-state index in [2.05, 4.69) is 0 Å². The van der Waals surface area contributed by atoms with Crippen LogP contribution in [0.5, 0.6) is 5.75 Å². The van der Waals surface area contributed by atoms with Gasteiger partial charge in [-0.1, -0.05) is 36.4 Å². The number of hydrogen-bond acceptors (Lipinski definition) is 2. The third-order valence-corrected chi connectivity index (χ3v) is 5.21. The quantitative estimate of drug-likeness (QED) is 0.728. The minimum atomic E-state index is -0.865. The number of nitrogens with zero attached hydrogens (tertiary/aromatic N) is 1. The van der Waals surface area contributed by atoms with Crippen LogP contribution in [-0.2, 0) is 6.54 Å². The second kappa shape index (κ2) is 9.40. The van der Waals surface area contributed by atoms with Gasteiger partial charge in [0.1, 0.15) is 11.6 Å². The minimum absolute atomic E-state index is 0.289. The van der Waals surface area contributed by atoms with E-state index in [9.17, 15) is 14.3 Å². The van der Waals surface area contributed by atoms with E-state index in [4.69, 9.17) is 4.74 Å². The highest BCUT2D eigenvalue weighted by atomic mass is 19.1. The fourth-order valence-electron chi connectivity index (χ4n) is 3.68. The zero-order valence-corrected chi connectivity index (χ0v) is 15.4. The van der Waals surface area contributed by atoms with Gasteiger partial charge in [0.15, 0.2) is 0 Å². The summed E-state index contributed by atoms with van der Waals surface area (Å²) in [6, 6.07) is 15.9. The van der Waals surface area contributed by atoms with Gasteiger partial charge < -0.3 is 14.7 Å². The molecule has 2 aromatic carbocycles. The Balaban J connectivity index is 1.44. The molecule has 0 radical (unpaired) electrons. The maximum Gasteiger partial charge on any atom is 0.407 e. The molecule has 1 fully saturated rings. The Kier molecular flexibility index (Phi) is 6.69. The SMILES string of the molecule is O=C(O)N(Cc1ccccc1)CC1CCC(COc2cccc(F)c2)CC1. The second-order valence-electron chi connectivity index (χ2n) is 7.30. The van der Waals surface area contributed by atoms with E-state index in [0.29, 0.717) is 37.3 Å². The van der Waals surface area contributed by atoms with Gasteiger partial charge in [-0.3, -0.25) is 0 Å². The number of amides is 1. The van der Waals surface area contributed by atoms with Crippen LogP contribution in [0.25, 0.3) is 0 Å². The van der Waals surface area contributed by atoms with Crippen molar-refractivity contribution < 1.29 is 19.0 Å². The molecule has 144 valence electrons. The van der Waals surface area contributed by atoms with Crippen molar-refractivity contribution in [1.82, 2.24) is 4.90 Å². The summed E-state index contributed by atoms with van der Waals surface area (Å²) in [6.07, 6.45) is 3.15. The molecule has 1 aliphatic rings. The Morgan fingerprint density at radius 2 is 1.74 bits per heavy atom. The van der Waals surface area contributed by atoms with Crippen LogP contribution in [0.15, 0.2) is 54.6 Å². The maximum atomic E-state index is 13.2. The molecular formula is C22H26FNO3. The van der Waals surface area contributed by atoms with Crippen LogP contribution < -0.4 is 4.74 Å². The summed E-state index contributed by atoms with van der Waals surface area (Å²) < 4.78 is 18.9. The fraction of sp³-hybridized carbons (Fsp3) is 0.409. The average molecular weight is 371 g/mol. The third kappa shape index (κ3) is 5.98. The van der Waals surface area contributed by atoms with Gasteiger partial charge in [0.2, 0.25) is 0 Å². The lowest BCUT2D eigenvalue weighted by molar-refractivity contribution is 0.117. The van der Waals surface area contributed by atoms with Gasteiger partial charge in [0.25, 0.3) is 0 Å². The van der Waals surface area contributed by atoms with Crippen molar-refractivity contribution in [2.75, 3.05) is 13.2 Å². The monoisotopic (exact) mass is 371 g/mol.